The fourth-order valence-electron chi connectivity index (χ4n) is 4.49. The Labute approximate surface area is 305 Å². The van der Waals surface area contributed by atoms with E-state index in [0.29, 0.717) is 29.2 Å². The van der Waals surface area contributed by atoms with Crippen LogP contribution >= 0.6 is 128 Å². The van der Waals surface area contributed by atoms with Gasteiger partial charge in [-0.2, -0.15) is 4.79 Å². The Morgan fingerprint density at radius 1 is 0.535 bits per heavy atom. The van der Waals surface area contributed by atoms with E-state index in [2.05, 4.69) is 138 Å². The van der Waals surface area contributed by atoms with E-state index in [1.54, 1.807) is 30.3 Å². The first kappa shape index (κ1) is 32.3. The molecule has 0 N–H and O–H groups in total. The third kappa shape index (κ3) is 4.80. The van der Waals surface area contributed by atoms with Crippen molar-refractivity contribution in [2.45, 2.75) is 0 Å². The van der Waals surface area contributed by atoms with Crippen LogP contribution in [0.5, 0.6) is 0 Å². The normalized spacial score (nSPS) is 13.5. The molecule has 0 atom stereocenters. The van der Waals surface area contributed by atoms with E-state index in [1.807, 2.05) is 0 Å². The molecule has 0 amide bonds. The highest BCUT2D eigenvalue weighted by atomic mass is 79.9. The third-order valence-electron chi connectivity index (χ3n) is 6.45. The maximum atomic E-state index is 16.4. The highest BCUT2D eigenvalue weighted by molar-refractivity contribution is 9.18. The Balaban J connectivity index is 1.99. The van der Waals surface area contributed by atoms with Gasteiger partial charge in [0, 0.05) is 5.56 Å². The van der Waals surface area contributed by atoms with Gasteiger partial charge in [-0.25, -0.2) is 27.5 Å². The number of hydrogen-bond acceptors (Lipinski definition) is 2. The summed E-state index contributed by atoms with van der Waals surface area (Å²) in [5.74, 6) is -6.46. The number of nitrogens with zero attached hydrogens (tertiary/aromatic N) is 4. The second-order valence-electron chi connectivity index (χ2n) is 8.77. The van der Waals surface area contributed by atoms with Gasteiger partial charge in [0.25, 0.3) is 0 Å². The van der Waals surface area contributed by atoms with Crippen molar-refractivity contribution in [3.8, 4) is 11.1 Å². The number of rotatable bonds is 1. The van der Waals surface area contributed by atoms with E-state index in [4.69, 9.17) is 0 Å². The van der Waals surface area contributed by atoms with Crippen LogP contribution in [0.1, 0.15) is 22.8 Å². The lowest BCUT2D eigenvalue weighted by atomic mass is 10.1. The Morgan fingerprint density at radius 3 is 1.56 bits per heavy atom. The predicted octanol–water partition coefficient (Wildman–Crippen LogP) is 13.3. The van der Waals surface area contributed by atoms with Crippen molar-refractivity contribution < 1.29 is 22.0 Å². The molecule has 6 rings (SSSR count). The van der Waals surface area contributed by atoms with Crippen LogP contribution in [0.25, 0.3) is 53.8 Å². The molecule has 220 valence electrons. The molecule has 5 heterocycles. The molecule has 43 heavy (non-hydrogen) atoms. The van der Waals surface area contributed by atoms with E-state index >= 15 is 22.0 Å². The van der Waals surface area contributed by atoms with Crippen molar-refractivity contribution in [1.29, 1.82) is 0 Å². The Kier molecular flexibility index (Phi) is 8.88. The molecule has 17 heteroatoms. The molecule has 2 aliphatic heterocycles. The minimum Gasteiger partial charge on any atom is -0.270 e. The lowest BCUT2D eigenvalue weighted by molar-refractivity contribution is 0.397. The van der Waals surface area contributed by atoms with Crippen molar-refractivity contribution in [1.82, 2.24) is 18.4 Å². The van der Waals surface area contributed by atoms with Crippen LogP contribution < -0.4 is 0 Å². The second kappa shape index (κ2) is 11.8. The van der Waals surface area contributed by atoms with Crippen LogP contribution in [-0.4, -0.2) is 18.4 Å². The number of halogens is 13. The lowest BCUT2D eigenvalue weighted by Crippen LogP contribution is -1.93. The molecule has 2 aliphatic rings. The molecular weight excluding hydrogens is 1100 g/mol. The van der Waals surface area contributed by atoms with E-state index < -0.39 is 40.2 Å². The van der Waals surface area contributed by atoms with Gasteiger partial charge >= 0.3 is 0 Å². The summed E-state index contributed by atoms with van der Waals surface area (Å²) >= 11 is 27.3. The molecule has 0 fully saturated rings. The molecule has 4 aromatic rings. The summed E-state index contributed by atoms with van der Waals surface area (Å²) in [6, 6.07) is 8.15. The van der Waals surface area contributed by atoms with Gasteiger partial charge in [-0.15, -0.1) is 0 Å². The first-order chi connectivity index (χ1) is 20.3. The lowest BCUT2D eigenvalue weighted by Gasteiger charge is -2.02. The summed E-state index contributed by atoms with van der Waals surface area (Å²) in [4.78, 5) is 8.31. The summed E-state index contributed by atoms with van der Waals surface area (Å²) in [7, 11) is 0. The van der Waals surface area contributed by atoms with Gasteiger partial charge < -0.3 is 0 Å². The van der Waals surface area contributed by atoms with Crippen molar-refractivity contribution >= 4 is 170 Å². The molecule has 3 aromatic heterocycles. The average molecular weight is 1110 g/mol. The van der Waals surface area contributed by atoms with Gasteiger partial charge in [-0.3, -0.25) is 3.59 Å². The fourth-order valence-corrected chi connectivity index (χ4v) is 11.1. The minimum absolute atomic E-state index is 0.0287. The molecule has 0 saturated carbocycles. The molecule has 8 bridgehead atoms. The summed E-state index contributed by atoms with van der Waals surface area (Å²) in [6.07, 6.45) is 0. The Morgan fingerprint density at radius 2 is 1.00 bits per heavy atom. The smallest absolute Gasteiger partial charge is 0.189 e. The van der Waals surface area contributed by atoms with E-state index in [-0.39, 0.29) is 46.0 Å². The maximum absolute atomic E-state index is 16.4. The van der Waals surface area contributed by atoms with E-state index in [0.717, 1.165) is 0 Å². The first-order valence-electron chi connectivity index (χ1n) is 11.4. The highest BCUT2D eigenvalue weighted by Crippen LogP contribution is 2.50. The molecule has 0 radical (unpaired) electrons. The topological polar surface area (TPSA) is 35.6 Å². The van der Waals surface area contributed by atoms with Crippen molar-refractivity contribution in [3.05, 3.63) is 87.1 Å². The zero-order chi connectivity index (χ0) is 31.2. The zero-order valence-corrected chi connectivity index (χ0v) is 32.8. The minimum atomic E-state index is -1.79. The van der Waals surface area contributed by atoms with Crippen LogP contribution in [0.4, 0.5) is 22.0 Å². The van der Waals surface area contributed by atoms with Crippen LogP contribution in [-0.2, 0) is 0 Å². The molecular formula is C26H5Br8F5N4. The van der Waals surface area contributed by atoms with Crippen molar-refractivity contribution in [3.63, 3.8) is 0 Å². The molecule has 0 unspecified atom stereocenters. The quantitative estimate of drug-likeness (QED) is 0.178. The summed E-state index contributed by atoms with van der Waals surface area (Å²) < 4.78 is 82.3. The fraction of sp³-hybridized carbons (Fsp3) is 0. The second-order valence-corrected chi connectivity index (χ2v) is 15.0. The number of aromatic nitrogens is 4. The largest absolute Gasteiger partial charge is 0.270 e. The van der Waals surface area contributed by atoms with Gasteiger partial charge in [0.2, 0.25) is 0 Å². The Bertz CT molecular complexity index is 2170. The zero-order valence-electron chi connectivity index (χ0n) is 20.1. The Hall–Kier alpha value is -0.690. The third-order valence-corrected chi connectivity index (χ3v) is 13.6. The highest BCUT2D eigenvalue weighted by Gasteiger charge is 2.33. The van der Waals surface area contributed by atoms with E-state index in [9.17, 15) is 0 Å². The summed E-state index contributed by atoms with van der Waals surface area (Å²) in [5, 5.41) is 0. The SMILES string of the molecule is FC1=C(F)c2nc1c(F)c1c(-c3ccccc3)c(Br)c(c(Br)c3nc(c(Br)c4c(Br)c(Br)c(c2F)n4Br)C(Br)=C3Br)n1F. The summed E-state index contributed by atoms with van der Waals surface area (Å²) in [6.45, 7) is 0. The van der Waals surface area contributed by atoms with Crippen molar-refractivity contribution in [2.24, 2.45) is 0 Å². The summed E-state index contributed by atoms with van der Waals surface area (Å²) in [5.41, 5.74) is -2.60. The maximum Gasteiger partial charge on any atom is 0.189 e. The van der Waals surface area contributed by atoms with Gasteiger partial charge in [-0.1, -0.05) is 34.8 Å². The standard InChI is InChI=1S/C26H5Br8F5N4/c27-8-7(6-4-2-1-3-5-6)23-17(37)21-15(35)16(36)22(41-21)18(38)26-12(31)11(30)24(42(26)34)13(32)19-9(28)10(29)20(40-19)14(33)25(8)43(23)39/h1-5H. The van der Waals surface area contributed by atoms with Crippen LogP contribution in [0.2, 0.25) is 0 Å². The molecule has 1 aromatic carbocycles. The van der Waals surface area contributed by atoms with E-state index in [1.165, 1.54) is 3.59 Å². The monoisotopic (exact) mass is 1100 g/mol. The molecule has 0 saturated heterocycles. The van der Waals surface area contributed by atoms with Crippen molar-refractivity contribution in [2.75, 3.05) is 0 Å². The first-order valence-corrected chi connectivity index (χ1v) is 17.6. The van der Waals surface area contributed by atoms with Gasteiger partial charge in [0.15, 0.2) is 23.3 Å². The van der Waals surface area contributed by atoms with Crippen LogP contribution in [0.15, 0.2) is 52.7 Å². The van der Waals surface area contributed by atoms with Gasteiger partial charge in [-0.05, 0) is 117 Å². The number of benzene rings is 1. The predicted molar refractivity (Wildman–Crippen MR) is 187 cm³/mol. The van der Waals surface area contributed by atoms with Gasteiger partial charge in [0.05, 0.1) is 64.4 Å². The van der Waals surface area contributed by atoms with Crippen LogP contribution in [0.3, 0.4) is 0 Å². The molecule has 4 nitrogen and oxygen atoms in total. The number of fused-ring (bicyclic) bond motifs is 8. The van der Waals surface area contributed by atoms with Gasteiger partial charge in [0.1, 0.15) is 27.9 Å². The molecule has 0 aliphatic carbocycles. The average Bonchev–Trinajstić information content (AvgIpc) is 3.61. The molecule has 0 spiro atoms. The number of hydrogen-bond donors (Lipinski definition) is 0. The van der Waals surface area contributed by atoms with Crippen LogP contribution in [0, 0.1) is 11.6 Å².